The Balaban J connectivity index is 2.94. The molecule has 0 aromatic heterocycles. The molecular formula is C17H29N3O3S. The first-order valence-electron chi connectivity index (χ1n) is 8.02. The van der Waals surface area contributed by atoms with Crippen molar-refractivity contribution in [2.75, 3.05) is 37.7 Å². The number of hydrogen-bond donors (Lipinski definition) is 1. The molecule has 0 fully saturated rings. The molecule has 136 valence electrons. The molecule has 0 saturated heterocycles. The van der Waals surface area contributed by atoms with Crippen LogP contribution in [-0.2, 0) is 14.8 Å². The number of aryl methyl sites for hydroxylation is 2. The fourth-order valence-corrected chi connectivity index (χ4v) is 3.80. The van der Waals surface area contributed by atoms with Crippen molar-refractivity contribution < 1.29 is 13.2 Å². The van der Waals surface area contributed by atoms with Crippen LogP contribution >= 0.6 is 0 Å². The molecule has 0 heterocycles. The van der Waals surface area contributed by atoms with Gasteiger partial charge in [-0.25, -0.2) is 8.42 Å². The van der Waals surface area contributed by atoms with Crippen molar-refractivity contribution in [3.8, 4) is 0 Å². The lowest BCUT2D eigenvalue weighted by molar-refractivity contribution is -0.121. The van der Waals surface area contributed by atoms with E-state index in [-0.39, 0.29) is 5.91 Å². The number of benzene rings is 1. The number of sulfonamides is 1. The van der Waals surface area contributed by atoms with Crippen molar-refractivity contribution in [2.45, 2.75) is 33.2 Å². The highest BCUT2D eigenvalue weighted by Crippen LogP contribution is 2.23. The molecule has 1 aromatic carbocycles. The van der Waals surface area contributed by atoms with E-state index in [0.29, 0.717) is 12.2 Å². The zero-order valence-electron chi connectivity index (χ0n) is 15.5. The maximum atomic E-state index is 12.4. The number of hydrogen-bond acceptors (Lipinski definition) is 4. The van der Waals surface area contributed by atoms with Gasteiger partial charge in [0.1, 0.15) is 6.04 Å². The van der Waals surface area contributed by atoms with Crippen LogP contribution in [0.3, 0.4) is 0 Å². The van der Waals surface area contributed by atoms with Crippen molar-refractivity contribution in [3.63, 3.8) is 0 Å². The average molecular weight is 356 g/mol. The van der Waals surface area contributed by atoms with Gasteiger partial charge in [-0.3, -0.25) is 9.10 Å². The van der Waals surface area contributed by atoms with Crippen LogP contribution in [0.5, 0.6) is 0 Å². The molecule has 0 aliphatic heterocycles. The molecule has 1 rings (SSSR count). The van der Waals surface area contributed by atoms with Gasteiger partial charge in [-0.1, -0.05) is 6.07 Å². The first-order chi connectivity index (χ1) is 11.0. The second-order valence-corrected chi connectivity index (χ2v) is 8.39. The van der Waals surface area contributed by atoms with Gasteiger partial charge in [-0.05, 0) is 71.1 Å². The Morgan fingerprint density at radius 3 is 2.17 bits per heavy atom. The summed E-state index contributed by atoms with van der Waals surface area (Å²) in [6.07, 6.45) is 1.94. The van der Waals surface area contributed by atoms with Crippen LogP contribution in [0.4, 0.5) is 5.69 Å². The van der Waals surface area contributed by atoms with Crippen LogP contribution in [0.25, 0.3) is 0 Å². The van der Waals surface area contributed by atoms with E-state index >= 15 is 0 Å². The van der Waals surface area contributed by atoms with Crippen LogP contribution in [0, 0.1) is 13.8 Å². The highest BCUT2D eigenvalue weighted by Gasteiger charge is 2.29. The van der Waals surface area contributed by atoms with Crippen LogP contribution in [0.1, 0.15) is 24.5 Å². The molecule has 0 bridgehead atoms. The Labute approximate surface area is 145 Å². The van der Waals surface area contributed by atoms with Crippen LogP contribution < -0.4 is 9.62 Å². The summed E-state index contributed by atoms with van der Waals surface area (Å²) < 4.78 is 25.7. The molecule has 24 heavy (non-hydrogen) atoms. The summed E-state index contributed by atoms with van der Waals surface area (Å²) in [6, 6.07) is 4.73. The fraction of sp³-hybridized carbons (Fsp3) is 0.588. The standard InChI is InChI=1S/C17H29N3O3S/c1-13-10-14(2)12-16(11-13)20(24(6,22)23)15(3)17(21)18-8-7-9-19(4)5/h10-12,15H,7-9H2,1-6H3,(H,18,21)/t15-/m1/s1. The Hall–Kier alpha value is -1.60. The number of rotatable bonds is 8. The minimum absolute atomic E-state index is 0.293. The molecule has 7 heteroatoms. The Kier molecular flexibility index (Phi) is 7.23. The topological polar surface area (TPSA) is 69.7 Å². The minimum atomic E-state index is -3.58. The Morgan fingerprint density at radius 2 is 1.71 bits per heavy atom. The van der Waals surface area contributed by atoms with E-state index in [1.54, 1.807) is 19.1 Å². The number of amides is 1. The first-order valence-corrected chi connectivity index (χ1v) is 9.87. The zero-order chi connectivity index (χ0) is 18.5. The van der Waals surface area contributed by atoms with E-state index < -0.39 is 16.1 Å². The Morgan fingerprint density at radius 1 is 1.17 bits per heavy atom. The van der Waals surface area contributed by atoms with Gasteiger partial charge in [0.25, 0.3) is 0 Å². The third-order valence-electron chi connectivity index (χ3n) is 3.63. The van der Waals surface area contributed by atoms with Gasteiger partial charge >= 0.3 is 0 Å². The minimum Gasteiger partial charge on any atom is -0.354 e. The summed E-state index contributed by atoms with van der Waals surface area (Å²) in [5.41, 5.74) is 2.43. The summed E-state index contributed by atoms with van der Waals surface area (Å²) in [5.74, 6) is -0.293. The van der Waals surface area contributed by atoms with Gasteiger partial charge in [0.05, 0.1) is 11.9 Å². The average Bonchev–Trinajstić information content (AvgIpc) is 2.40. The highest BCUT2D eigenvalue weighted by molar-refractivity contribution is 7.92. The molecule has 0 radical (unpaired) electrons. The van der Waals surface area contributed by atoms with E-state index in [0.717, 1.165) is 30.3 Å². The SMILES string of the molecule is Cc1cc(C)cc(N([C@H](C)C(=O)NCCCN(C)C)S(C)(=O)=O)c1. The molecule has 0 aliphatic rings. The predicted molar refractivity (Wildman–Crippen MR) is 98.9 cm³/mol. The lowest BCUT2D eigenvalue weighted by atomic mass is 10.1. The van der Waals surface area contributed by atoms with Crippen LogP contribution in [0.2, 0.25) is 0 Å². The second kappa shape index (κ2) is 8.48. The van der Waals surface area contributed by atoms with Crippen molar-refractivity contribution in [1.29, 1.82) is 0 Å². The summed E-state index contributed by atoms with van der Waals surface area (Å²) >= 11 is 0. The van der Waals surface area contributed by atoms with Gasteiger partial charge in [-0.15, -0.1) is 0 Å². The molecule has 1 amide bonds. The molecular weight excluding hydrogens is 326 g/mol. The first kappa shape index (κ1) is 20.4. The van der Waals surface area contributed by atoms with Crippen molar-refractivity contribution >= 4 is 21.6 Å². The van der Waals surface area contributed by atoms with E-state index in [2.05, 4.69) is 5.32 Å². The lowest BCUT2D eigenvalue weighted by Crippen LogP contribution is -2.48. The summed E-state index contributed by atoms with van der Waals surface area (Å²) in [5, 5.41) is 2.82. The maximum Gasteiger partial charge on any atom is 0.243 e. The summed E-state index contributed by atoms with van der Waals surface area (Å²) in [7, 11) is 0.361. The van der Waals surface area contributed by atoms with Gasteiger partial charge in [0.15, 0.2) is 0 Å². The maximum absolute atomic E-state index is 12.4. The molecule has 0 unspecified atom stereocenters. The predicted octanol–water partition coefficient (Wildman–Crippen LogP) is 1.53. The molecule has 1 aromatic rings. The second-order valence-electron chi connectivity index (χ2n) is 6.53. The number of anilines is 1. The number of nitrogens with zero attached hydrogens (tertiary/aromatic N) is 2. The molecule has 1 atom stereocenters. The van der Waals surface area contributed by atoms with Gasteiger partial charge in [0, 0.05) is 6.54 Å². The van der Waals surface area contributed by atoms with Gasteiger partial charge in [-0.2, -0.15) is 0 Å². The van der Waals surface area contributed by atoms with Gasteiger partial charge < -0.3 is 10.2 Å². The van der Waals surface area contributed by atoms with E-state index in [1.807, 2.05) is 38.9 Å². The van der Waals surface area contributed by atoms with Crippen molar-refractivity contribution in [2.24, 2.45) is 0 Å². The molecule has 0 saturated carbocycles. The number of carbonyl (C=O) groups is 1. The quantitative estimate of drug-likeness (QED) is 0.718. The monoisotopic (exact) mass is 355 g/mol. The number of nitrogens with one attached hydrogen (secondary N) is 1. The third kappa shape index (κ3) is 6.13. The Bertz CT molecular complexity index is 651. The summed E-state index contributed by atoms with van der Waals surface area (Å²) in [4.78, 5) is 14.4. The molecule has 0 spiro atoms. The summed E-state index contributed by atoms with van der Waals surface area (Å²) in [6.45, 7) is 6.80. The third-order valence-corrected chi connectivity index (χ3v) is 4.87. The lowest BCUT2D eigenvalue weighted by Gasteiger charge is -2.29. The normalized spacial score (nSPS) is 13.0. The largest absolute Gasteiger partial charge is 0.354 e. The van der Waals surface area contributed by atoms with E-state index in [9.17, 15) is 13.2 Å². The smallest absolute Gasteiger partial charge is 0.243 e. The van der Waals surface area contributed by atoms with E-state index in [4.69, 9.17) is 0 Å². The van der Waals surface area contributed by atoms with E-state index in [1.165, 1.54) is 4.31 Å². The van der Waals surface area contributed by atoms with Crippen LogP contribution in [-0.4, -0.2) is 58.7 Å². The highest BCUT2D eigenvalue weighted by atomic mass is 32.2. The molecule has 6 nitrogen and oxygen atoms in total. The molecule has 1 N–H and O–H groups in total. The molecule has 0 aliphatic carbocycles. The number of carbonyl (C=O) groups excluding carboxylic acids is 1. The zero-order valence-corrected chi connectivity index (χ0v) is 16.3. The van der Waals surface area contributed by atoms with Gasteiger partial charge in [0.2, 0.25) is 15.9 Å². The van der Waals surface area contributed by atoms with Crippen LogP contribution in [0.15, 0.2) is 18.2 Å². The van der Waals surface area contributed by atoms with Crippen molar-refractivity contribution in [3.05, 3.63) is 29.3 Å². The van der Waals surface area contributed by atoms with Crippen molar-refractivity contribution in [1.82, 2.24) is 10.2 Å². The fourth-order valence-electron chi connectivity index (χ4n) is 2.64.